The first-order valence-electron chi connectivity index (χ1n) is 7.87. The summed E-state index contributed by atoms with van der Waals surface area (Å²) in [5.74, 6) is 0.608. The van der Waals surface area contributed by atoms with Gasteiger partial charge in [0.05, 0.1) is 13.2 Å². The Morgan fingerprint density at radius 2 is 1.62 bits per heavy atom. The summed E-state index contributed by atoms with van der Waals surface area (Å²) in [4.78, 5) is 23.5. The van der Waals surface area contributed by atoms with Gasteiger partial charge in [0.25, 0.3) is 0 Å². The molecule has 2 aromatic rings. The molecule has 2 rings (SSSR count). The highest BCUT2D eigenvalue weighted by molar-refractivity contribution is 6.08. The minimum Gasteiger partial charge on any atom is -0.489 e. The molecule has 5 nitrogen and oxygen atoms in total. The summed E-state index contributed by atoms with van der Waals surface area (Å²) in [6, 6.07) is 16.1. The molecule has 1 amide bonds. The predicted molar refractivity (Wildman–Crippen MR) is 91.4 cm³/mol. The van der Waals surface area contributed by atoms with Crippen molar-refractivity contribution in [3.63, 3.8) is 0 Å². The number of benzene rings is 2. The largest absolute Gasteiger partial charge is 0.489 e. The van der Waals surface area contributed by atoms with Crippen molar-refractivity contribution in [2.45, 2.75) is 20.0 Å². The van der Waals surface area contributed by atoms with Crippen LogP contribution in [0.5, 0.6) is 5.75 Å². The first kappa shape index (κ1) is 17.5. The molecule has 0 aliphatic carbocycles. The van der Waals surface area contributed by atoms with Crippen LogP contribution in [0.1, 0.15) is 29.8 Å². The van der Waals surface area contributed by atoms with Crippen LogP contribution in [0.25, 0.3) is 0 Å². The Balaban J connectivity index is 1.90. The monoisotopic (exact) mass is 327 g/mol. The third kappa shape index (κ3) is 5.12. The normalized spacial score (nSPS) is 11.4. The third-order valence-corrected chi connectivity index (χ3v) is 3.30. The highest BCUT2D eigenvalue weighted by Gasteiger charge is 2.10. The summed E-state index contributed by atoms with van der Waals surface area (Å²) in [5.41, 5.74) is 1.25. The van der Waals surface area contributed by atoms with Gasteiger partial charge in [-0.1, -0.05) is 30.3 Å². The standard InChI is InChI=1S/C19H21NO4/c1-3-23-19(22)20-13-14(2)24-17-11-9-16(10-12-17)18(21)15-7-5-4-6-8-15/h4-12,14H,3,13H2,1-2H3,(H,20,22). The number of amides is 1. The Labute approximate surface area is 141 Å². The summed E-state index contributed by atoms with van der Waals surface area (Å²) >= 11 is 0. The van der Waals surface area contributed by atoms with E-state index in [4.69, 9.17) is 9.47 Å². The van der Waals surface area contributed by atoms with Crippen LogP contribution in [0.15, 0.2) is 54.6 Å². The highest BCUT2D eigenvalue weighted by Crippen LogP contribution is 2.16. The summed E-state index contributed by atoms with van der Waals surface area (Å²) in [5, 5.41) is 2.61. The van der Waals surface area contributed by atoms with Crippen molar-refractivity contribution in [3.8, 4) is 5.75 Å². The van der Waals surface area contributed by atoms with Gasteiger partial charge in [-0.05, 0) is 38.1 Å². The molecule has 0 fully saturated rings. The Morgan fingerprint density at radius 1 is 1.00 bits per heavy atom. The van der Waals surface area contributed by atoms with Gasteiger partial charge in [0, 0.05) is 11.1 Å². The lowest BCUT2D eigenvalue weighted by Crippen LogP contribution is -2.33. The van der Waals surface area contributed by atoms with Crippen LogP contribution in [0.3, 0.4) is 0 Å². The summed E-state index contributed by atoms with van der Waals surface area (Å²) in [6.07, 6.45) is -0.679. The van der Waals surface area contributed by atoms with E-state index in [-0.39, 0.29) is 11.9 Å². The molecule has 1 unspecified atom stereocenters. The Hall–Kier alpha value is -2.82. The van der Waals surface area contributed by atoms with Crippen LogP contribution >= 0.6 is 0 Å². The van der Waals surface area contributed by atoms with E-state index in [0.29, 0.717) is 30.0 Å². The van der Waals surface area contributed by atoms with Crippen molar-refractivity contribution in [2.24, 2.45) is 0 Å². The molecular weight excluding hydrogens is 306 g/mol. The van der Waals surface area contributed by atoms with Gasteiger partial charge in [-0.25, -0.2) is 4.79 Å². The molecule has 24 heavy (non-hydrogen) atoms. The highest BCUT2D eigenvalue weighted by atomic mass is 16.5. The van der Waals surface area contributed by atoms with Crippen molar-refractivity contribution < 1.29 is 19.1 Å². The maximum absolute atomic E-state index is 12.3. The first-order chi connectivity index (χ1) is 11.6. The van der Waals surface area contributed by atoms with E-state index in [1.54, 1.807) is 43.3 Å². The van der Waals surface area contributed by atoms with E-state index in [1.165, 1.54) is 0 Å². The molecule has 5 heteroatoms. The van der Waals surface area contributed by atoms with Crippen LogP contribution in [0.2, 0.25) is 0 Å². The number of alkyl carbamates (subject to hydrolysis) is 1. The molecule has 0 spiro atoms. The summed E-state index contributed by atoms with van der Waals surface area (Å²) < 4.78 is 10.5. The van der Waals surface area contributed by atoms with Crippen molar-refractivity contribution in [3.05, 3.63) is 65.7 Å². The van der Waals surface area contributed by atoms with Gasteiger partial charge in [0.2, 0.25) is 0 Å². The van der Waals surface area contributed by atoms with Crippen LogP contribution < -0.4 is 10.1 Å². The second-order valence-corrected chi connectivity index (χ2v) is 5.25. The zero-order valence-corrected chi connectivity index (χ0v) is 13.8. The molecule has 0 aliphatic rings. The summed E-state index contributed by atoms with van der Waals surface area (Å²) in [7, 11) is 0. The lowest BCUT2D eigenvalue weighted by Gasteiger charge is -2.15. The molecule has 1 N–H and O–H groups in total. The molecule has 0 heterocycles. The average molecular weight is 327 g/mol. The quantitative estimate of drug-likeness (QED) is 0.791. The number of rotatable bonds is 7. The van der Waals surface area contributed by atoms with Gasteiger partial charge in [0.1, 0.15) is 11.9 Å². The molecule has 0 radical (unpaired) electrons. The number of nitrogens with one attached hydrogen (secondary N) is 1. The average Bonchev–Trinajstić information content (AvgIpc) is 2.61. The van der Waals surface area contributed by atoms with Gasteiger partial charge < -0.3 is 14.8 Å². The minimum atomic E-state index is -0.461. The number of ether oxygens (including phenoxy) is 2. The molecule has 1 atom stereocenters. The van der Waals surface area contributed by atoms with E-state index < -0.39 is 6.09 Å². The first-order valence-corrected chi connectivity index (χ1v) is 7.87. The number of hydrogen-bond acceptors (Lipinski definition) is 4. The second-order valence-electron chi connectivity index (χ2n) is 5.25. The molecule has 0 saturated heterocycles. The topological polar surface area (TPSA) is 64.6 Å². The van der Waals surface area contributed by atoms with Crippen molar-refractivity contribution in [2.75, 3.05) is 13.2 Å². The van der Waals surface area contributed by atoms with Gasteiger partial charge in [-0.15, -0.1) is 0 Å². The van der Waals surface area contributed by atoms with Crippen LogP contribution in [0.4, 0.5) is 4.79 Å². The van der Waals surface area contributed by atoms with E-state index in [0.717, 1.165) is 0 Å². The molecule has 126 valence electrons. The maximum Gasteiger partial charge on any atom is 0.407 e. The molecule has 0 aromatic heterocycles. The summed E-state index contributed by atoms with van der Waals surface area (Å²) in [6.45, 7) is 4.26. The molecule has 0 saturated carbocycles. The van der Waals surface area contributed by atoms with Gasteiger partial charge in [0.15, 0.2) is 5.78 Å². The van der Waals surface area contributed by atoms with Gasteiger partial charge in [-0.2, -0.15) is 0 Å². The molecule has 2 aromatic carbocycles. The van der Waals surface area contributed by atoms with E-state index in [9.17, 15) is 9.59 Å². The zero-order valence-electron chi connectivity index (χ0n) is 13.8. The van der Waals surface area contributed by atoms with Crippen LogP contribution in [-0.2, 0) is 4.74 Å². The number of hydrogen-bond donors (Lipinski definition) is 1. The van der Waals surface area contributed by atoms with Crippen molar-refractivity contribution in [1.82, 2.24) is 5.32 Å². The lowest BCUT2D eigenvalue weighted by atomic mass is 10.0. The second kappa shape index (κ2) is 8.72. The Morgan fingerprint density at radius 3 is 2.25 bits per heavy atom. The molecule has 0 aliphatic heterocycles. The smallest absolute Gasteiger partial charge is 0.407 e. The van der Waals surface area contributed by atoms with Crippen LogP contribution in [0, 0.1) is 0 Å². The van der Waals surface area contributed by atoms with Crippen molar-refractivity contribution >= 4 is 11.9 Å². The number of carbonyl (C=O) groups is 2. The Bertz CT molecular complexity index is 668. The van der Waals surface area contributed by atoms with Crippen molar-refractivity contribution in [1.29, 1.82) is 0 Å². The molecular formula is C19H21NO4. The third-order valence-electron chi connectivity index (χ3n) is 3.30. The fraction of sp³-hybridized carbons (Fsp3) is 0.263. The van der Waals surface area contributed by atoms with Crippen LogP contribution in [-0.4, -0.2) is 31.1 Å². The fourth-order valence-corrected chi connectivity index (χ4v) is 2.12. The van der Waals surface area contributed by atoms with Gasteiger partial charge >= 0.3 is 6.09 Å². The van der Waals surface area contributed by atoms with E-state index in [2.05, 4.69) is 5.32 Å². The minimum absolute atomic E-state index is 0.0285. The van der Waals surface area contributed by atoms with E-state index >= 15 is 0 Å². The SMILES string of the molecule is CCOC(=O)NCC(C)Oc1ccc(C(=O)c2ccccc2)cc1. The number of carbonyl (C=O) groups excluding carboxylic acids is 2. The molecule has 0 bridgehead atoms. The zero-order chi connectivity index (χ0) is 17.4. The van der Waals surface area contributed by atoms with E-state index in [1.807, 2.05) is 25.1 Å². The Kier molecular flexibility index (Phi) is 6.37. The van der Waals surface area contributed by atoms with Gasteiger partial charge in [-0.3, -0.25) is 4.79 Å². The lowest BCUT2D eigenvalue weighted by molar-refractivity contribution is 0.103. The predicted octanol–water partition coefficient (Wildman–Crippen LogP) is 3.43. The maximum atomic E-state index is 12.3. The fourth-order valence-electron chi connectivity index (χ4n) is 2.12. The number of ketones is 1.